The molecule has 0 spiro atoms. The van der Waals surface area contributed by atoms with Gasteiger partial charge in [-0.3, -0.25) is 9.48 Å². The maximum absolute atomic E-state index is 13.3. The van der Waals surface area contributed by atoms with Crippen LogP contribution in [0.4, 0.5) is 4.39 Å². The minimum absolute atomic E-state index is 0.192. The van der Waals surface area contributed by atoms with E-state index in [4.69, 9.17) is 4.74 Å². The number of hydrogen-bond acceptors (Lipinski definition) is 4. The molecule has 1 aliphatic heterocycles. The molecule has 8 heteroatoms. The third-order valence-electron chi connectivity index (χ3n) is 5.07. The van der Waals surface area contributed by atoms with Crippen LogP contribution in [-0.2, 0) is 23.2 Å². The lowest BCUT2D eigenvalue weighted by atomic mass is 9.83. The van der Waals surface area contributed by atoms with Gasteiger partial charge in [0.25, 0.3) is 5.56 Å². The highest BCUT2D eigenvalue weighted by molar-refractivity contribution is 5.89. The Kier molecular flexibility index (Phi) is 4.79. The molecule has 1 fully saturated rings. The van der Waals surface area contributed by atoms with Crippen LogP contribution in [0.15, 0.2) is 53.6 Å². The number of aromatic nitrogens is 3. The van der Waals surface area contributed by atoms with Gasteiger partial charge in [0.1, 0.15) is 11.4 Å². The molecule has 29 heavy (non-hydrogen) atoms. The van der Waals surface area contributed by atoms with Crippen molar-refractivity contribution in [3.05, 3.63) is 87.3 Å². The van der Waals surface area contributed by atoms with Crippen molar-refractivity contribution in [2.45, 2.75) is 25.4 Å². The van der Waals surface area contributed by atoms with Gasteiger partial charge in [0, 0.05) is 18.5 Å². The summed E-state index contributed by atoms with van der Waals surface area (Å²) in [5.41, 5.74) is 1.88. The van der Waals surface area contributed by atoms with E-state index in [9.17, 15) is 19.1 Å². The summed E-state index contributed by atoms with van der Waals surface area (Å²) in [6, 6.07) is 9.83. The predicted octanol–water partition coefficient (Wildman–Crippen LogP) is 2.27. The zero-order valence-corrected chi connectivity index (χ0v) is 15.8. The number of ether oxygens (including phenoxy) is 1. The Morgan fingerprint density at radius 1 is 1.14 bits per heavy atom. The van der Waals surface area contributed by atoms with E-state index in [1.807, 2.05) is 31.2 Å². The van der Waals surface area contributed by atoms with Gasteiger partial charge in [-0.25, -0.2) is 9.18 Å². The largest absolute Gasteiger partial charge is 0.478 e. The third kappa shape index (κ3) is 3.84. The van der Waals surface area contributed by atoms with Crippen LogP contribution in [0.25, 0.3) is 0 Å². The Hall–Kier alpha value is -3.26. The van der Waals surface area contributed by atoms with Crippen molar-refractivity contribution in [3.8, 4) is 0 Å². The zero-order chi connectivity index (χ0) is 20.6. The van der Waals surface area contributed by atoms with E-state index in [-0.39, 0.29) is 23.1 Å². The average Bonchev–Trinajstić information content (AvgIpc) is 3.09. The zero-order valence-electron chi connectivity index (χ0n) is 15.8. The second kappa shape index (κ2) is 7.29. The molecule has 1 N–H and O–H groups in total. The minimum Gasteiger partial charge on any atom is -0.478 e. The average molecular weight is 397 g/mol. The maximum Gasteiger partial charge on any atom is 0.339 e. The highest BCUT2D eigenvalue weighted by Gasteiger charge is 2.41. The lowest BCUT2D eigenvalue weighted by Gasteiger charge is -2.36. The Balaban J connectivity index is 1.52. The van der Waals surface area contributed by atoms with Gasteiger partial charge in [0.2, 0.25) is 0 Å². The second-order valence-corrected chi connectivity index (χ2v) is 7.58. The Labute approximate surface area is 166 Å². The maximum atomic E-state index is 13.3. The van der Waals surface area contributed by atoms with E-state index in [1.165, 1.54) is 16.8 Å². The number of halogens is 1. The number of carbonyl (C=O) groups is 1. The molecule has 0 bridgehead atoms. The van der Waals surface area contributed by atoms with E-state index in [2.05, 4.69) is 5.10 Å². The van der Waals surface area contributed by atoms with Crippen LogP contribution in [0.5, 0.6) is 0 Å². The summed E-state index contributed by atoms with van der Waals surface area (Å²) in [5.74, 6) is -1.47. The first kappa shape index (κ1) is 19.1. The summed E-state index contributed by atoms with van der Waals surface area (Å²) in [6.45, 7) is 3.54. The van der Waals surface area contributed by atoms with Crippen LogP contribution < -0.4 is 5.56 Å². The summed E-state index contributed by atoms with van der Waals surface area (Å²) < 4.78 is 21.5. The number of pyridine rings is 1. The van der Waals surface area contributed by atoms with Crippen LogP contribution in [0.3, 0.4) is 0 Å². The van der Waals surface area contributed by atoms with Crippen molar-refractivity contribution in [1.82, 2.24) is 14.3 Å². The lowest BCUT2D eigenvalue weighted by molar-refractivity contribution is -0.0527. The van der Waals surface area contributed by atoms with Crippen LogP contribution in [0.1, 0.15) is 34.1 Å². The van der Waals surface area contributed by atoms with Gasteiger partial charge in [0.05, 0.1) is 37.4 Å². The standard InChI is InChI=1S/C21H20FN3O4/c1-21(12-29-13-21)19-17(20(27)28)11-25(23-19)9-15-4-2-14(3-5-15)8-24-10-16(22)6-7-18(24)26/h2-7,10-11H,8-9,12-13H2,1H3,(H,27,28). The SMILES string of the molecule is CC1(c2nn(Cc3ccc(Cn4cc(F)ccc4=O)cc3)cc2C(=O)O)COC1. The first-order valence-electron chi connectivity index (χ1n) is 9.17. The molecular weight excluding hydrogens is 377 g/mol. The third-order valence-corrected chi connectivity index (χ3v) is 5.07. The Morgan fingerprint density at radius 2 is 1.79 bits per heavy atom. The van der Waals surface area contributed by atoms with E-state index < -0.39 is 11.8 Å². The van der Waals surface area contributed by atoms with Gasteiger partial charge in [-0.05, 0) is 24.1 Å². The highest BCUT2D eigenvalue weighted by Crippen LogP contribution is 2.33. The summed E-state index contributed by atoms with van der Waals surface area (Å²) in [7, 11) is 0. The fourth-order valence-corrected chi connectivity index (χ4v) is 3.41. The van der Waals surface area contributed by atoms with Gasteiger partial charge in [-0.15, -0.1) is 0 Å². The number of carboxylic acids is 1. The number of benzene rings is 1. The molecule has 1 aliphatic rings. The molecular formula is C21H20FN3O4. The molecule has 4 rings (SSSR count). The van der Waals surface area contributed by atoms with Crippen molar-refractivity contribution in [3.63, 3.8) is 0 Å². The molecule has 150 valence electrons. The minimum atomic E-state index is -1.00. The lowest BCUT2D eigenvalue weighted by Crippen LogP contribution is -2.45. The molecule has 7 nitrogen and oxygen atoms in total. The van der Waals surface area contributed by atoms with E-state index in [0.717, 1.165) is 17.2 Å². The molecule has 0 aliphatic carbocycles. The first-order valence-corrected chi connectivity index (χ1v) is 9.17. The van der Waals surface area contributed by atoms with Crippen molar-refractivity contribution < 1.29 is 19.0 Å². The monoisotopic (exact) mass is 397 g/mol. The second-order valence-electron chi connectivity index (χ2n) is 7.58. The van der Waals surface area contributed by atoms with E-state index in [0.29, 0.717) is 25.5 Å². The molecule has 3 heterocycles. The highest BCUT2D eigenvalue weighted by atomic mass is 19.1. The molecule has 0 amide bonds. The van der Waals surface area contributed by atoms with Crippen molar-refractivity contribution in [2.24, 2.45) is 0 Å². The van der Waals surface area contributed by atoms with Crippen LogP contribution in [-0.4, -0.2) is 38.6 Å². The number of aromatic carboxylic acids is 1. The van der Waals surface area contributed by atoms with Crippen molar-refractivity contribution in [2.75, 3.05) is 13.2 Å². The first-order chi connectivity index (χ1) is 13.8. The normalized spacial score (nSPS) is 15.1. The number of nitrogens with zero attached hydrogens (tertiary/aromatic N) is 3. The van der Waals surface area contributed by atoms with Gasteiger partial charge in [0.15, 0.2) is 0 Å². The quantitative estimate of drug-likeness (QED) is 0.690. The van der Waals surface area contributed by atoms with Crippen LogP contribution in [0.2, 0.25) is 0 Å². The Morgan fingerprint density at radius 3 is 2.38 bits per heavy atom. The Bertz CT molecular complexity index is 1110. The molecule has 1 aromatic carbocycles. The smallest absolute Gasteiger partial charge is 0.339 e. The summed E-state index contributed by atoms with van der Waals surface area (Å²) in [6.07, 6.45) is 2.72. The number of rotatable bonds is 6. The van der Waals surface area contributed by atoms with Crippen molar-refractivity contribution in [1.29, 1.82) is 0 Å². The van der Waals surface area contributed by atoms with Gasteiger partial charge >= 0.3 is 5.97 Å². The van der Waals surface area contributed by atoms with Crippen molar-refractivity contribution >= 4 is 5.97 Å². The van der Waals surface area contributed by atoms with E-state index in [1.54, 1.807) is 10.9 Å². The molecule has 3 aromatic rings. The number of carboxylic acid groups (broad SMARTS) is 1. The molecule has 0 atom stereocenters. The fraction of sp³-hybridized carbons (Fsp3) is 0.286. The summed E-state index contributed by atoms with van der Waals surface area (Å²) >= 11 is 0. The topological polar surface area (TPSA) is 86.4 Å². The molecule has 1 saturated heterocycles. The van der Waals surface area contributed by atoms with Gasteiger partial charge in [-0.1, -0.05) is 24.3 Å². The summed E-state index contributed by atoms with van der Waals surface area (Å²) in [4.78, 5) is 23.4. The fourth-order valence-electron chi connectivity index (χ4n) is 3.41. The van der Waals surface area contributed by atoms with Gasteiger partial charge < -0.3 is 14.4 Å². The molecule has 0 radical (unpaired) electrons. The van der Waals surface area contributed by atoms with E-state index >= 15 is 0 Å². The molecule has 2 aromatic heterocycles. The van der Waals surface area contributed by atoms with Crippen LogP contribution in [0, 0.1) is 5.82 Å². The number of hydrogen-bond donors (Lipinski definition) is 1. The predicted molar refractivity (Wildman–Crippen MR) is 103 cm³/mol. The molecule has 0 unspecified atom stereocenters. The molecule has 0 saturated carbocycles. The summed E-state index contributed by atoms with van der Waals surface area (Å²) in [5, 5.41) is 14.0. The van der Waals surface area contributed by atoms with Gasteiger partial charge in [-0.2, -0.15) is 5.10 Å². The van der Waals surface area contributed by atoms with Crippen LogP contribution >= 0.6 is 0 Å².